The second-order valence-corrected chi connectivity index (χ2v) is 24.9. The number of aromatic nitrogens is 6. The molecular formula is C64H68Cl2F6N16O11. The van der Waals surface area contributed by atoms with Crippen molar-refractivity contribution in [2.45, 2.75) is 113 Å². The number of amides is 6. The number of ketones is 1. The Balaban J connectivity index is 0.000000232. The molecule has 2 saturated carbocycles. The molecule has 10 rings (SSSR count). The van der Waals surface area contributed by atoms with Gasteiger partial charge in [0.25, 0.3) is 11.8 Å². The molecule has 6 amide bonds. The first-order chi connectivity index (χ1) is 47.0. The van der Waals surface area contributed by atoms with Crippen LogP contribution in [0.2, 0.25) is 10.0 Å². The molecule has 2 saturated heterocycles. The van der Waals surface area contributed by atoms with Crippen LogP contribution in [-0.2, 0) is 39.8 Å². The monoisotopic (exact) mass is 1420 g/mol. The van der Waals surface area contributed by atoms with Crippen molar-refractivity contribution in [3.05, 3.63) is 129 Å². The largest absolute Gasteiger partial charge is 0.480 e. The molecular weight excluding hydrogens is 1350 g/mol. The fraction of sp³-hybridized carbons (Fsp3) is 0.406. The minimum atomic E-state index is -4.64. The van der Waals surface area contributed by atoms with Gasteiger partial charge in [0.05, 0.1) is 17.1 Å². The third-order valence-electron chi connectivity index (χ3n) is 16.6. The van der Waals surface area contributed by atoms with Crippen LogP contribution in [0.4, 0.5) is 61.5 Å². The Labute approximate surface area is 571 Å². The number of piperidine rings is 2. The predicted octanol–water partition coefficient (Wildman–Crippen LogP) is 8.11. The standard InChI is InChI=1S/C34H38ClF3N8O5.C30H30ClF3N8O6/c1-2-3-6-25(47)26(21-5-4-17-46(18-21)29(50)27(39)48)41-28(49)20-7-13-24(14-8-20)40-30-42-31(44-32(43-30)51-19-34(36,37)38)45-33(15-16-33)22-9-11-23(35)12-10-22;31-19-7-5-18(6-8-19)29(11-12-29)41-27-38-26(39-28(40-27)48-15-30(32,33)34)36-20-9-3-16(4-10-20)23(44)37-21(25(46)47)17-2-1-13-42(14-17)24(45)22(35)43/h7-14,21,26H,2-6,15-19H2,1H3,(H2,39,48)(H,41,49)(H2,40,42,43,44,45);3-10,17,21H,1-2,11-15H2,(H2,35,43)(H,37,44)(H,46,47)(H2,36,38,39,40,41). The molecule has 35 heteroatoms. The number of carbonyl (C=O) groups is 8. The molecule has 526 valence electrons. The summed E-state index contributed by atoms with van der Waals surface area (Å²) in [6, 6.07) is 22.7. The van der Waals surface area contributed by atoms with Crippen LogP contribution in [0.15, 0.2) is 97.1 Å². The number of carboxylic acids is 1. The summed E-state index contributed by atoms with van der Waals surface area (Å²) in [5.74, 6) is -8.09. The number of carboxylic acid groups (broad SMARTS) is 1. The molecule has 2 aliphatic heterocycles. The van der Waals surface area contributed by atoms with Crippen LogP contribution in [0.1, 0.15) is 109 Å². The van der Waals surface area contributed by atoms with E-state index in [9.17, 15) is 69.8 Å². The van der Waals surface area contributed by atoms with Crippen molar-refractivity contribution >= 4 is 106 Å². The van der Waals surface area contributed by atoms with E-state index in [1.54, 1.807) is 36.4 Å². The Kier molecular flexibility index (Phi) is 23.3. The minimum Gasteiger partial charge on any atom is -0.480 e. The fourth-order valence-electron chi connectivity index (χ4n) is 11.3. The zero-order valence-corrected chi connectivity index (χ0v) is 54.4. The number of anilines is 6. The van der Waals surface area contributed by atoms with Crippen LogP contribution < -0.4 is 52.8 Å². The lowest BCUT2D eigenvalue weighted by atomic mass is 9.86. The summed E-state index contributed by atoms with van der Waals surface area (Å²) in [5.41, 5.74) is 12.0. The highest BCUT2D eigenvalue weighted by Crippen LogP contribution is 2.49. The van der Waals surface area contributed by atoms with Gasteiger partial charge >= 0.3 is 54.0 Å². The van der Waals surface area contributed by atoms with E-state index >= 15 is 0 Å². The van der Waals surface area contributed by atoms with Gasteiger partial charge in [-0.05, 0) is 142 Å². The van der Waals surface area contributed by atoms with Crippen LogP contribution in [0.5, 0.6) is 12.0 Å². The quantitative estimate of drug-likeness (QED) is 0.0193. The zero-order chi connectivity index (χ0) is 71.4. The molecule has 27 nitrogen and oxygen atoms in total. The maximum absolute atomic E-state index is 13.4. The van der Waals surface area contributed by atoms with E-state index in [-0.39, 0.29) is 66.8 Å². The average Bonchev–Trinajstić information content (AvgIpc) is 1.62. The topological polar surface area (TPSA) is 383 Å². The van der Waals surface area contributed by atoms with Crippen molar-refractivity contribution in [3.63, 3.8) is 0 Å². The van der Waals surface area contributed by atoms with E-state index in [4.69, 9.17) is 44.1 Å². The normalized spacial score (nSPS) is 17.3. The first-order valence-electron chi connectivity index (χ1n) is 31.2. The Morgan fingerprint density at radius 1 is 0.566 bits per heavy atom. The lowest BCUT2D eigenvalue weighted by Gasteiger charge is -2.36. The summed E-state index contributed by atoms with van der Waals surface area (Å²) in [6.07, 6.45) is -2.85. The number of hydrogen-bond acceptors (Lipinski definition) is 20. The summed E-state index contributed by atoms with van der Waals surface area (Å²) in [7, 11) is 0. The number of rotatable bonds is 25. The van der Waals surface area contributed by atoms with Crippen molar-refractivity contribution in [2.24, 2.45) is 23.3 Å². The number of likely N-dealkylation sites (tertiary alicyclic amines) is 2. The highest BCUT2D eigenvalue weighted by Gasteiger charge is 2.47. The van der Waals surface area contributed by atoms with Crippen molar-refractivity contribution in [1.29, 1.82) is 0 Å². The lowest BCUT2D eigenvalue weighted by Crippen LogP contribution is -2.54. The van der Waals surface area contributed by atoms with E-state index in [1.165, 1.54) is 46.2 Å². The van der Waals surface area contributed by atoms with Gasteiger partial charge in [-0.15, -0.1) is 0 Å². The number of nitrogens with one attached hydrogen (secondary N) is 6. The number of hydrogen-bond donors (Lipinski definition) is 9. The highest BCUT2D eigenvalue weighted by molar-refractivity contribution is 6.35. The molecule has 4 fully saturated rings. The van der Waals surface area contributed by atoms with Gasteiger partial charge in [-0.1, -0.05) is 60.8 Å². The maximum atomic E-state index is 13.4. The van der Waals surface area contributed by atoms with Crippen LogP contribution in [0.3, 0.4) is 0 Å². The third-order valence-corrected chi connectivity index (χ3v) is 17.1. The Hall–Kier alpha value is -10.2. The number of halogens is 8. The Morgan fingerprint density at radius 3 is 1.29 bits per heavy atom. The van der Waals surface area contributed by atoms with Gasteiger partial charge in [0, 0.05) is 77.0 Å². The summed E-state index contributed by atoms with van der Waals surface area (Å²) < 4.78 is 87.3. The number of nitrogens with zero attached hydrogens (tertiary/aromatic N) is 8. The molecule has 4 heterocycles. The number of unbranched alkanes of at least 4 members (excludes halogenated alkanes) is 1. The SMILES string of the molecule is CCCCC(=O)C(NC(=O)c1ccc(Nc2nc(NC3(c4ccc(Cl)cc4)CC3)nc(OCC(F)(F)F)n2)cc1)C1CCCN(C(=O)C(N)=O)C1.NC(=O)C(=O)N1CCCC(C(NC(=O)c2ccc(Nc3nc(NC4(c5ccc(Cl)cc5)CC4)nc(OCC(F)(F)F)n3)cc2)C(=O)O)C1. The third kappa shape index (κ3) is 20.5. The molecule has 0 radical (unpaired) electrons. The summed E-state index contributed by atoms with van der Waals surface area (Å²) in [5, 5.41) is 28.4. The Bertz CT molecular complexity index is 3930. The van der Waals surface area contributed by atoms with Crippen LogP contribution >= 0.6 is 23.2 Å². The van der Waals surface area contributed by atoms with E-state index in [0.29, 0.717) is 72.9 Å². The molecule has 2 aromatic heterocycles. The second-order valence-electron chi connectivity index (χ2n) is 24.0. The molecule has 4 aromatic carbocycles. The number of ether oxygens (including phenoxy) is 2. The molecule has 2 aliphatic carbocycles. The lowest BCUT2D eigenvalue weighted by molar-refractivity contribution is -0.155. The zero-order valence-electron chi connectivity index (χ0n) is 52.9. The van der Waals surface area contributed by atoms with Gasteiger partial charge in [0.15, 0.2) is 19.0 Å². The number of carbonyl (C=O) groups excluding carboxylic acids is 7. The molecule has 99 heavy (non-hydrogen) atoms. The van der Waals surface area contributed by atoms with Crippen molar-refractivity contribution in [3.8, 4) is 12.0 Å². The molecule has 0 spiro atoms. The van der Waals surface area contributed by atoms with Gasteiger partial charge in [-0.3, -0.25) is 33.6 Å². The number of Topliss-reactive ketones (excluding diaryl/α,β-unsaturated/α-hetero) is 1. The summed E-state index contributed by atoms with van der Waals surface area (Å²) in [4.78, 5) is 126. The number of primary amides is 2. The highest BCUT2D eigenvalue weighted by atomic mass is 35.5. The van der Waals surface area contributed by atoms with Gasteiger partial charge in [-0.25, -0.2) is 4.79 Å². The molecule has 6 aromatic rings. The van der Waals surface area contributed by atoms with Gasteiger partial charge in [-0.2, -0.15) is 56.2 Å². The van der Waals surface area contributed by atoms with Gasteiger partial charge < -0.3 is 67.7 Å². The van der Waals surface area contributed by atoms with Gasteiger partial charge in [0.2, 0.25) is 23.8 Å². The molecule has 11 N–H and O–H groups in total. The van der Waals surface area contributed by atoms with Crippen LogP contribution in [-0.4, -0.2) is 156 Å². The molecule has 4 aliphatic rings. The summed E-state index contributed by atoms with van der Waals surface area (Å²) in [6.45, 7) is -0.685. The number of alkyl halides is 6. The fourth-order valence-corrected chi connectivity index (χ4v) is 11.5. The van der Waals surface area contributed by atoms with Crippen molar-refractivity contribution in [2.75, 3.05) is 60.7 Å². The summed E-state index contributed by atoms with van der Waals surface area (Å²) >= 11 is 12.0. The molecule has 4 atom stereocenters. The van der Waals surface area contributed by atoms with E-state index in [2.05, 4.69) is 61.8 Å². The van der Waals surface area contributed by atoms with Crippen LogP contribution in [0, 0.1) is 11.8 Å². The average molecular weight is 1420 g/mol. The van der Waals surface area contributed by atoms with E-state index < -0.39 is 114 Å². The maximum Gasteiger partial charge on any atom is 0.422 e. The molecule has 4 unspecified atom stereocenters. The second kappa shape index (κ2) is 31.6. The first kappa shape index (κ1) is 73.1. The number of aliphatic carboxylic acids is 1. The number of nitrogens with two attached hydrogens (primary N) is 2. The van der Waals surface area contributed by atoms with Crippen molar-refractivity contribution < 1.29 is 79.3 Å². The van der Waals surface area contributed by atoms with E-state index in [1.807, 2.05) is 31.2 Å². The predicted molar refractivity (Wildman–Crippen MR) is 346 cm³/mol. The first-order valence-corrected chi connectivity index (χ1v) is 32.0. The van der Waals surface area contributed by atoms with Crippen LogP contribution in [0.25, 0.3) is 0 Å². The Morgan fingerprint density at radius 2 is 0.939 bits per heavy atom. The number of benzene rings is 4. The minimum absolute atomic E-state index is 0.00860. The smallest absolute Gasteiger partial charge is 0.422 e. The van der Waals surface area contributed by atoms with E-state index in [0.717, 1.165) is 30.4 Å². The van der Waals surface area contributed by atoms with Crippen molar-refractivity contribution in [1.82, 2.24) is 50.3 Å². The van der Waals surface area contributed by atoms with Gasteiger partial charge in [0.1, 0.15) is 6.04 Å². The molecule has 0 bridgehead atoms.